The molecule has 2 heterocycles. The second kappa shape index (κ2) is 10.5. The molecule has 1 aliphatic heterocycles. The van der Waals surface area contributed by atoms with Crippen LogP contribution in [0.2, 0.25) is 0 Å². The molecule has 1 aromatic heterocycles. The van der Waals surface area contributed by atoms with Gasteiger partial charge in [-0.05, 0) is 36.9 Å². The van der Waals surface area contributed by atoms with Gasteiger partial charge >= 0.3 is 0 Å². The highest BCUT2D eigenvalue weighted by Crippen LogP contribution is 2.18. The van der Waals surface area contributed by atoms with Crippen molar-refractivity contribution in [3.8, 4) is 0 Å². The molecule has 0 bridgehead atoms. The molecule has 0 unspecified atom stereocenters. The van der Waals surface area contributed by atoms with Gasteiger partial charge in [0.15, 0.2) is 0 Å². The van der Waals surface area contributed by atoms with Crippen LogP contribution in [0.4, 0.5) is 4.39 Å². The number of carbonyl (C=O) groups is 1. The van der Waals surface area contributed by atoms with Gasteiger partial charge in [0.25, 0.3) is 0 Å². The number of piperazine rings is 1. The van der Waals surface area contributed by atoms with Crippen LogP contribution >= 0.6 is 0 Å². The Balaban J connectivity index is 1.26. The van der Waals surface area contributed by atoms with E-state index in [1.54, 1.807) is 4.90 Å². The summed E-state index contributed by atoms with van der Waals surface area (Å²) in [4.78, 5) is 16.4. The van der Waals surface area contributed by atoms with Gasteiger partial charge in [0, 0.05) is 44.5 Å². The van der Waals surface area contributed by atoms with Crippen molar-refractivity contribution in [2.45, 2.75) is 18.0 Å². The van der Waals surface area contributed by atoms with E-state index in [-0.39, 0.29) is 30.4 Å². The first-order chi connectivity index (χ1) is 16.3. The normalized spacial score (nSPS) is 15.1. The fourth-order valence-corrected chi connectivity index (χ4v) is 5.40. The Morgan fingerprint density at radius 2 is 1.68 bits per heavy atom. The highest BCUT2D eigenvalue weighted by Gasteiger charge is 2.30. The monoisotopic (exact) mass is 485 g/mol. The maximum Gasteiger partial charge on any atom is 0.243 e. The van der Waals surface area contributed by atoms with Crippen LogP contribution in [0.25, 0.3) is 0 Å². The molecule has 0 saturated carbocycles. The standard InChI is InChI=1S/C24H28FN5O3S/c1-27(16-21-15-26-29(18-21)17-20-5-3-2-4-6-20)19-24(31)28-11-13-30(14-12-28)34(32,33)23-9-7-22(25)8-10-23/h2-10,15,18H,11-14,16-17,19H2,1H3. The number of rotatable bonds is 8. The lowest BCUT2D eigenvalue weighted by molar-refractivity contribution is -0.133. The molecule has 0 aliphatic carbocycles. The largest absolute Gasteiger partial charge is 0.339 e. The lowest BCUT2D eigenvalue weighted by Crippen LogP contribution is -2.52. The fraction of sp³-hybridized carbons (Fsp3) is 0.333. The first-order valence-electron chi connectivity index (χ1n) is 11.1. The number of benzene rings is 2. The van der Waals surface area contributed by atoms with Crippen LogP contribution in [0.15, 0.2) is 71.9 Å². The van der Waals surface area contributed by atoms with Gasteiger partial charge in [0.1, 0.15) is 5.82 Å². The van der Waals surface area contributed by atoms with E-state index < -0.39 is 15.8 Å². The molecule has 180 valence electrons. The summed E-state index contributed by atoms with van der Waals surface area (Å²) in [6, 6.07) is 14.9. The number of hydrogen-bond donors (Lipinski definition) is 0. The first-order valence-corrected chi connectivity index (χ1v) is 12.5. The summed E-state index contributed by atoms with van der Waals surface area (Å²) in [5.41, 5.74) is 2.18. The van der Waals surface area contributed by atoms with Crippen molar-refractivity contribution in [2.24, 2.45) is 0 Å². The third kappa shape index (κ3) is 5.88. The zero-order chi connectivity index (χ0) is 24.1. The van der Waals surface area contributed by atoms with E-state index in [9.17, 15) is 17.6 Å². The Labute approximate surface area is 199 Å². The van der Waals surface area contributed by atoms with Crippen molar-refractivity contribution in [1.29, 1.82) is 0 Å². The van der Waals surface area contributed by atoms with Gasteiger partial charge in [0.2, 0.25) is 15.9 Å². The van der Waals surface area contributed by atoms with Crippen molar-refractivity contribution in [2.75, 3.05) is 39.8 Å². The summed E-state index contributed by atoms with van der Waals surface area (Å²) >= 11 is 0. The van der Waals surface area contributed by atoms with Crippen LogP contribution in [0.5, 0.6) is 0 Å². The van der Waals surface area contributed by atoms with Crippen molar-refractivity contribution >= 4 is 15.9 Å². The van der Waals surface area contributed by atoms with Crippen molar-refractivity contribution < 1.29 is 17.6 Å². The molecule has 1 fully saturated rings. The number of amides is 1. The molecule has 2 aromatic carbocycles. The third-order valence-corrected chi connectivity index (χ3v) is 7.69. The Hall–Kier alpha value is -3.08. The Bertz CT molecular complexity index is 1210. The molecule has 0 N–H and O–H groups in total. The fourth-order valence-electron chi connectivity index (χ4n) is 3.98. The molecule has 34 heavy (non-hydrogen) atoms. The van der Waals surface area contributed by atoms with Crippen LogP contribution in [0.1, 0.15) is 11.1 Å². The maximum atomic E-state index is 13.1. The highest BCUT2D eigenvalue weighted by molar-refractivity contribution is 7.89. The van der Waals surface area contributed by atoms with Crippen LogP contribution in [0.3, 0.4) is 0 Å². The SMILES string of the molecule is CN(CC(=O)N1CCN(S(=O)(=O)c2ccc(F)cc2)CC1)Cc1cnn(Cc2ccccc2)c1. The van der Waals surface area contributed by atoms with Gasteiger partial charge < -0.3 is 4.90 Å². The average molecular weight is 486 g/mol. The van der Waals surface area contributed by atoms with Gasteiger partial charge in [-0.3, -0.25) is 14.4 Å². The van der Waals surface area contributed by atoms with Crippen LogP contribution in [-0.4, -0.2) is 78.0 Å². The smallest absolute Gasteiger partial charge is 0.243 e. The molecular formula is C24H28FN5O3S. The first kappa shape index (κ1) is 24.1. The number of halogens is 1. The number of sulfonamides is 1. The van der Waals surface area contributed by atoms with E-state index in [1.165, 1.54) is 22.0 Å². The molecule has 4 rings (SSSR count). The second-order valence-electron chi connectivity index (χ2n) is 8.44. The molecule has 0 spiro atoms. The molecule has 8 nitrogen and oxygen atoms in total. The highest BCUT2D eigenvalue weighted by atomic mass is 32.2. The van der Waals surface area contributed by atoms with Gasteiger partial charge in [-0.2, -0.15) is 9.40 Å². The van der Waals surface area contributed by atoms with E-state index >= 15 is 0 Å². The zero-order valence-electron chi connectivity index (χ0n) is 19.0. The summed E-state index contributed by atoms with van der Waals surface area (Å²) in [5, 5.41) is 4.41. The minimum atomic E-state index is -3.70. The number of carbonyl (C=O) groups excluding carboxylic acids is 1. The van der Waals surface area contributed by atoms with Crippen molar-refractivity contribution in [3.05, 3.63) is 83.9 Å². The summed E-state index contributed by atoms with van der Waals surface area (Å²) < 4.78 is 41.9. The second-order valence-corrected chi connectivity index (χ2v) is 10.4. The number of hydrogen-bond acceptors (Lipinski definition) is 5. The van der Waals surface area contributed by atoms with Gasteiger partial charge in [0.05, 0.1) is 24.2 Å². The Morgan fingerprint density at radius 1 is 1.00 bits per heavy atom. The van der Waals surface area contributed by atoms with Crippen LogP contribution < -0.4 is 0 Å². The van der Waals surface area contributed by atoms with Crippen LogP contribution in [-0.2, 0) is 27.9 Å². The molecule has 0 atom stereocenters. The van der Waals surface area contributed by atoms with Gasteiger partial charge in [-0.15, -0.1) is 0 Å². The van der Waals surface area contributed by atoms with E-state index in [0.29, 0.717) is 26.2 Å². The maximum absolute atomic E-state index is 13.1. The molecule has 1 aliphatic rings. The number of aromatic nitrogens is 2. The van der Waals surface area contributed by atoms with Crippen molar-refractivity contribution in [1.82, 2.24) is 23.9 Å². The summed E-state index contributed by atoms with van der Waals surface area (Å²) in [6.07, 6.45) is 3.79. The molecule has 10 heteroatoms. The van der Waals surface area contributed by atoms with Gasteiger partial charge in [-0.25, -0.2) is 12.8 Å². The number of likely N-dealkylation sites (N-methyl/N-ethyl adjacent to an activating group) is 1. The van der Waals surface area contributed by atoms with E-state index in [2.05, 4.69) is 17.2 Å². The third-order valence-electron chi connectivity index (χ3n) is 5.77. The minimum Gasteiger partial charge on any atom is -0.339 e. The topological polar surface area (TPSA) is 78.8 Å². The predicted octanol–water partition coefficient (Wildman–Crippen LogP) is 2.04. The quantitative estimate of drug-likeness (QED) is 0.488. The van der Waals surface area contributed by atoms with E-state index in [0.717, 1.165) is 17.7 Å². The molecule has 1 amide bonds. The van der Waals surface area contributed by atoms with Crippen LogP contribution in [0, 0.1) is 5.82 Å². The summed E-state index contributed by atoms with van der Waals surface area (Å²) in [6.45, 7) is 2.57. The van der Waals surface area contributed by atoms with Gasteiger partial charge in [-0.1, -0.05) is 30.3 Å². The lowest BCUT2D eigenvalue weighted by atomic mass is 10.2. The lowest BCUT2D eigenvalue weighted by Gasteiger charge is -2.34. The van der Waals surface area contributed by atoms with E-state index in [4.69, 9.17) is 0 Å². The molecule has 0 radical (unpaired) electrons. The summed E-state index contributed by atoms with van der Waals surface area (Å²) in [7, 11) is -1.83. The number of nitrogens with zero attached hydrogens (tertiary/aromatic N) is 5. The molecule has 1 saturated heterocycles. The Morgan fingerprint density at radius 3 is 2.35 bits per heavy atom. The Kier molecular flexibility index (Phi) is 7.40. The molecular weight excluding hydrogens is 457 g/mol. The average Bonchev–Trinajstić information content (AvgIpc) is 3.26. The predicted molar refractivity (Wildman–Crippen MR) is 126 cm³/mol. The summed E-state index contributed by atoms with van der Waals surface area (Å²) in [5.74, 6) is -0.528. The molecule has 3 aromatic rings. The minimum absolute atomic E-state index is 0.0435. The van der Waals surface area contributed by atoms with Crippen molar-refractivity contribution in [3.63, 3.8) is 0 Å². The van der Waals surface area contributed by atoms with E-state index in [1.807, 2.05) is 47.2 Å². The zero-order valence-corrected chi connectivity index (χ0v) is 19.9.